The Bertz CT molecular complexity index is 1100. The van der Waals surface area contributed by atoms with Crippen LogP contribution in [0.3, 0.4) is 0 Å². The van der Waals surface area contributed by atoms with E-state index in [0.29, 0.717) is 17.8 Å². The van der Waals surface area contributed by atoms with Gasteiger partial charge in [-0.05, 0) is 51.2 Å². The Morgan fingerprint density at radius 2 is 1.81 bits per heavy atom. The van der Waals surface area contributed by atoms with E-state index < -0.39 is 0 Å². The van der Waals surface area contributed by atoms with Crippen molar-refractivity contribution in [3.63, 3.8) is 0 Å². The van der Waals surface area contributed by atoms with Gasteiger partial charge in [-0.1, -0.05) is 31.4 Å². The predicted octanol–water partition coefficient (Wildman–Crippen LogP) is 4.54. The van der Waals surface area contributed by atoms with E-state index in [1.807, 2.05) is 36.7 Å². The first-order chi connectivity index (χ1) is 15.5. The highest BCUT2D eigenvalue weighted by Gasteiger charge is 2.40. The number of benzene rings is 1. The number of hydrogen-bond donors (Lipinski definition) is 1. The molecule has 2 aliphatic rings. The fourth-order valence-corrected chi connectivity index (χ4v) is 5.19. The largest absolute Gasteiger partial charge is 0.397 e. The number of hydrogen-bond acceptors (Lipinski definition) is 6. The van der Waals surface area contributed by atoms with E-state index in [4.69, 9.17) is 25.8 Å². The summed E-state index contributed by atoms with van der Waals surface area (Å²) in [6.45, 7) is 4.91. The van der Waals surface area contributed by atoms with Crippen molar-refractivity contribution in [2.75, 3.05) is 24.2 Å². The van der Waals surface area contributed by atoms with Gasteiger partial charge in [0, 0.05) is 37.2 Å². The molecule has 0 aliphatic heterocycles. The van der Waals surface area contributed by atoms with Gasteiger partial charge < -0.3 is 10.6 Å². The highest BCUT2D eigenvalue weighted by molar-refractivity contribution is 5.67. The lowest BCUT2D eigenvalue weighted by Crippen LogP contribution is -2.21. The summed E-state index contributed by atoms with van der Waals surface area (Å²) in [6, 6.07) is 10.2. The average Bonchev–Trinajstić information content (AvgIpc) is 3.44. The zero-order valence-electron chi connectivity index (χ0n) is 19.3. The summed E-state index contributed by atoms with van der Waals surface area (Å²) in [7, 11) is 2.12. The lowest BCUT2D eigenvalue weighted by molar-refractivity contribution is 0.422. The van der Waals surface area contributed by atoms with Gasteiger partial charge in [0.25, 0.3) is 0 Å². The number of nitrogen functional groups attached to an aromatic ring is 1. The van der Waals surface area contributed by atoms with Crippen LogP contribution in [0.1, 0.15) is 73.5 Å². The summed E-state index contributed by atoms with van der Waals surface area (Å²) in [4.78, 5) is 16.6. The average molecular weight is 432 g/mol. The molecule has 5 rings (SSSR count). The molecule has 7 nitrogen and oxygen atoms in total. The monoisotopic (exact) mass is 431 g/mol. The topological polar surface area (TPSA) is 85.8 Å². The molecule has 3 aromatic rings. The summed E-state index contributed by atoms with van der Waals surface area (Å²) in [6.07, 6.45) is 7.39. The summed E-state index contributed by atoms with van der Waals surface area (Å²) >= 11 is 0. The van der Waals surface area contributed by atoms with E-state index >= 15 is 0 Å². The molecule has 2 aliphatic carbocycles. The molecule has 1 aromatic carbocycles. The molecule has 0 spiro atoms. The fourth-order valence-electron chi connectivity index (χ4n) is 5.19. The minimum absolute atomic E-state index is 0.450. The molecular weight excluding hydrogens is 398 g/mol. The standard InChI is InChI=1S/C25H33N7/c1-16-27-22(20-13-19(20)15-31(3)23-12-8-7-11-21(23)26)14-24(28-16)32-25(29-17(2)30-32)18-9-5-4-6-10-18/h7-8,11-12,14,18-20H,4-6,9-10,13,15,26H2,1-3H3. The van der Waals surface area contributed by atoms with Crippen LogP contribution in [0.2, 0.25) is 0 Å². The number of para-hydroxylation sites is 2. The molecule has 2 fully saturated rings. The van der Waals surface area contributed by atoms with Crippen LogP contribution in [0, 0.1) is 19.8 Å². The Labute approximate surface area is 190 Å². The van der Waals surface area contributed by atoms with Gasteiger partial charge in [-0.15, -0.1) is 5.10 Å². The molecule has 0 bridgehead atoms. The Morgan fingerprint density at radius 1 is 1.03 bits per heavy atom. The van der Waals surface area contributed by atoms with E-state index in [1.165, 1.54) is 32.1 Å². The second-order valence-corrected chi connectivity index (χ2v) is 9.50. The van der Waals surface area contributed by atoms with Crippen LogP contribution in [0.25, 0.3) is 5.82 Å². The van der Waals surface area contributed by atoms with Crippen molar-refractivity contribution in [3.05, 3.63) is 53.5 Å². The normalized spacial score (nSPS) is 21.0. The fraction of sp³-hybridized carbons (Fsp3) is 0.520. The Morgan fingerprint density at radius 3 is 2.59 bits per heavy atom. The van der Waals surface area contributed by atoms with Gasteiger partial charge in [0.15, 0.2) is 5.82 Å². The molecule has 2 saturated carbocycles. The van der Waals surface area contributed by atoms with Crippen LogP contribution in [-0.4, -0.2) is 38.3 Å². The summed E-state index contributed by atoms with van der Waals surface area (Å²) in [5.41, 5.74) is 9.20. The number of rotatable bonds is 6. The third kappa shape index (κ3) is 4.20. The first-order valence-electron chi connectivity index (χ1n) is 11.8. The molecule has 32 heavy (non-hydrogen) atoms. The second kappa shape index (κ2) is 8.52. The van der Waals surface area contributed by atoms with Crippen LogP contribution < -0.4 is 10.6 Å². The quantitative estimate of drug-likeness (QED) is 0.577. The van der Waals surface area contributed by atoms with Crippen LogP contribution in [-0.2, 0) is 0 Å². The molecule has 2 unspecified atom stereocenters. The van der Waals surface area contributed by atoms with Gasteiger partial charge in [0.05, 0.1) is 11.4 Å². The number of anilines is 2. The van der Waals surface area contributed by atoms with Crippen LogP contribution >= 0.6 is 0 Å². The maximum absolute atomic E-state index is 6.17. The zero-order chi connectivity index (χ0) is 22.2. The summed E-state index contributed by atoms with van der Waals surface area (Å²) < 4.78 is 1.98. The van der Waals surface area contributed by atoms with Gasteiger partial charge in [0.1, 0.15) is 17.5 Å². The minimum atomic E-state index is 0.450. The van der Waals surface area contributed by atoms with E-state index in [1.54, 1.807) is 0 Å². The smallest absolute Gasteiger partial charge is 0.159 e. The molecule has 168 valence electrons. The molecule has 2 atom stereocenters. The third-order valence-corrected chi connectivity index (χ3v) is 6.93. The van der Waals surface area contributed by atoms with Crippen molar-refractivity contribution in [2.24, 2.45) is 5.92 Å². The van der Waals surface area contributed by atoms with Crippen molar-refractivity contribution in [3.8, 4) is 5.82 Å². The number of aromatic nitrogens is 5. The molecular formula is C25H33N7. The third-order valence-electron chi connectivity index (χ3n) is 6.93. The maximum Gasteiger partial charge on any atom is 0.159 e. The van der Waals surface area contributed by atoms with E-state index in [-0.39, 0.29) is 0 Å². The van der Waals surface area contributed by atoms with Crippen molar-refractivity contribution in [1.29, 1.82) is 0 Å². The van der Waals surface area contributed by atoms with E-state index in [0.717, 1.165) is 53.3 Å². The molecule has 2 N–H and O–H groups in total. The molecule has 2 heterocycles. The van der Waals surface area contributed by atoms with Crippen molar-refractivity contribution in [1.82, 2.24) is 24.7 Å². The van der Waals surface area contributed by atoms with Gasteiger partial charge in [-0.3, -0.25) is 0 Å². The molecule has 0 saturated heterocycles. The number of nitrogens with zero attached hydrogens (tertiary/aromatic N) is 6. The van der Waals surface area contributed by atoms with Crippen LogP contribution in [0.15, 0.2) is 30.3 Å². The second-order valence-electron chi connectivity index (χ2n) is 9.50. The van der Waals surface area contributed by atoms with E-state index in [2.05, 4.69) is 24.1 Å². The first-order valence-corrected chi connectivity index (χ1v) is 11.8. The lowest BCUT2D eigenvalue weighted by Gasteiger charge is -2.21. The number of nitrogens with two attached hydrogens (primary N) is 1. The van der Waals surface area contributed by atoms with Gasteiger partial charge in [-0.2, -0.15) is 4.68 Å². The zero-order valence-corrected chi connectivity index (χ0v) is 19.3. The highest BCUT2D eigenvalue weighted by atomic mass is 15.4. The summed E-state index contributed by atoms with van der Waals surface area (Å²) in [5.74, 6) is 5.03. The maximum atomic E-state index is 6.17. The minimum Gasteiger partial charge on any atom is -0.397 e. The van der Waals surface area contributed by atoms with Gasteiger partial charge in [0.2, 0.25) is 0 Å². The van der Waals surface area contributed by atoms with Crippen molar-refractivity contribution in [2.45, 2.75) is 64.2 Å². The SMILES string of the molecule is Cc1nc(C2CC2CN(C)c2ccccc2N)cc(-n2nc(C)nc2C2CCCCC2)n1. The molecule has 2 aromatic heterocycles. The molecule has 0 radical (unpaired) electrons. The van der Waals surface area contributed by atoms with Crippen LogP contribution in [0.5, 0.6) is 0 Å². The summed E-state index contributed by atoms with van der Waals surface area (Å²) in [5, 5.41) is 4.73. The first kappa shape index (κ1) is 20.9. The van der Waals surface area contributed by atoms with E-state index in [9.17, 15) is 0 Å². The Balaban J connectivity index is 1.36. The predicted molar refractivity (Wildman–Crippen MR) is 127 cm³/mol. The van der Waals surface area contributed by atoms with Crippen LogP contribution in [0.4, 0.5) is 11.4 Å². The molecule has 0 amide bonds. The lowest BCUT2D eigenvalue weighted by atomic mass is 9.88. The highest BCUT2D eigenvalue weighted by Crippen LogP contribution is 2.48. The number of aryl methyl sites for hydroxylation is 2. The van der Waals surface area contributed by atoms with Gasteiger partial charge in [-0.25, -0.2) is 15.0 Å². The Kier molecular flexibility index (Phi) is 5.57. The van der Waals surface area contributed by atoms with Crippen molar-refractivity contribution < 1.29 is 0 Å². The van der Waals surface area contributed by atoms with Crippen molar-refractivity contribution >= 4 is 11.4 Å². The molecule has 7 heteroatoms. The Hall–Kier alpha value is -2.96. The van der Waals surface area contributed by atoms with Gasteiger partial charge >= 0.3 is 0 Å².